The molecule has 0 radical (unpaired) electrons. The SMILES string of the molecule is CCOC(=O)CCC1CCC(=O)N1C(C)=O. The number of likely N-dealkylation sites (tertiary alicyclic amines) is 1. The van der Waals surface area contributed by atoms with Gasteiger partial charge in [-0.05, 0) is 19.8 Å². The molecule has 1 saturated heterocycles. The van der Waals surface area contributed by atoms with Gasteiger partial charge in [-0.15, -0.1) is 0 Å². The van der Waals surface area contributed by atoms with Crippen molar-refractivity contribution in [3.8, 4) is 0 Å². The number of carbonyl (C=O) groups excluding carboxylic acids is 3. The fourth-order valence-electron chi connectivity index (χ4n) is 1.97. The molecule has 1 unspecified atom stereocenters. The minimum absolute atomic E-state index is 0.130. The normalized spacial score (nSPS) is 20.0. The summed E-state index contributed by atoms with van der Waals surface area (Å²) < 4.78 is 4.80. The van der Waals surface area contributed by atoms with E-state index in [9.17, 15) is 14.4 Å². The Bertz CT molecular complexity index is 300. The van der Waals surface area contributed by atoms with Crippen molar-refractivity contribution in [3.63, 3.8) is 0 Å². The summed E-state index contributed by atoms with van der Waals surface area (Å²) in [5.41, 5.74) is 0. The van der Waals surface area contributed by atoms with Gasteiger partial charge in [0.25, 0.3) is 0 Å². The largest absolute Gasteiger partial charge is 0.466 e. The summed E-state index contributed by atoms with van der Waals surface area (Å²) in [5.74, 6) is -0.650. The lowest BCUT2D eigenvalue weighted by Gasteiger charge is -2.20. The Balaban J connectivity index is 2.45. The van der Waals surface area contributed by atoms with Gasteiger partial charge in [0, 0.05) is 25.8 Å². The second-order valence-corrected chi connectivity index (χ2v) is 3.82. The van der Waals surface area contributed by atoms with Gasteiger partial charge in [-0.3, -0.25) is 19.3 Å². The minimum atomic E-state index is -0.273. The van der Waals surface area contributed by atoms with Gasteiger partial charge >= 0.3 is 5.97 Å². The van der Waals surface area contributed by atoms with Crippen molar-refractivity contribution in [1.29, 1.82) is 0 Å². The van der Waals surface area contributed by atoms with Crippen molar-refractivity contribution < 1.29 is 19.1 Å². The monoisotopic (exact) mass is 227 g/mol. The third kappa shape index (κ3) is 3.05. The van der Waals surface area contributed by atoms with Gasteiger partial charge in [0.05, 0.1) is 6.61 Å². The molecule has 16 heavy (non-hydrogen) atoms. The van der Waals surface area contributed by atoms with E-state index in [2.05, 4.69) is 0 Å². The van der Waals surface area contributed by atoms with E-state index in [-0.39, 0.29) is 30.2 Å². The third-order valence-corrected chi connectivity index (χ3v) is 2.65. The van der Waals surface area contributed by atoms with Gasteiger partial charge in [0.15, 0.2) is 0 Å². The summed E-state index contributed by atoms with van der Waals surface area (Å²) in [6.07, 6.45) is 1.81. The average Bonchev–Trinajstić information content (AvgIpc) is 2.57. The molecule has 0 aromatic heterocycles. The Morgan fingerprint density at radius 1 is 1.50 bits per heavy atom. The smallest absolute Gasteiger partial charge is 0.305 e. The van der Waals surface area contributed by atoms with E-state index < -0.39 is 0 Å². The van der Waals surface area contributed by atoms with Gasteiger partial charge in [-0.25, -0.2) is 0 Å². The van der Waals surface area contributed by atoms with Crippen molar-refractivity contribution in [2.75, 3.05) is 6.61 Å². The second kappa shape index (κ2) is 5.63. The lowest BCUT2D eigenvalue weighted by molar-refractivity contribution is -0.146. The van der Waals surface area contributed by atoms with Gasteiger partial charge in [-0.1, -0.05) is 0 Å². The quantitative estimate of drug-likeness (QED) is 0.668. The van der Waals surface area contributed by atoms with E-state index in [0.29, 0.717) is 25.9 Å². The van der Waals surface area contributed by atoms with Gasteiger partial charge in [0.1, 0.15) is 0 Å². The number of imide groups is 1. The molecule has 0 aromatic rings. The maximum absolute atomic E-state index is 11.4. The Morgan fingerprint density at radius 3 is 2.75 bits per heavy atom. The predicted octanol–water partition coefficient (Wildman–Crippen LogP) is 0.867. The number of hydrogen-bond donors (Lipinski definition) is 0. The fourth-order valence-corrected chi connectivity index (χ4v) is 1.97. The molecule has 1 rings (SSSR count). The number of esters is 1. The summed E-state index contributed by atoms with van der Waals surface area (Å²) in [6, 6.07) is -0.130. The van der Waals surface area contributed by atoms with Crippen LogP contribution in [0, 0.1) is 0 Å². The molecule has 2 amide bonds. The third-order valence-electron chi connectivity index (χ3n) is 2.65. The molecular weight excluding hydrogens is 210 g/mol. The molecule has 90 valence electrons. The second-order valence-electron chi connectivity index (χ2n) is 3.82. The van der Waals surface area contributed by atoms with Gasteiger partial charge in [0.2, 0.25) is 11.8 Å². The van der Waals surface area contributed by atoms with Crippen LogP contribution in [0.4, 0.5) is 0 Å². The summed E-state index contributed by atoms with van der Waals surface area (Å²) in [4.78, 5) is 35.0. The van der Waals surface area contributed by atoms with Crippen molar-refractivity contribution in [2.45, 2.75) is 45.6 Å². The highest BCUT2D eigenvalue weighted by molar-refractivity contribution is 5.96. The van der Waals surface area contributed by atoms with E-state index >= 15 is 0 Å². The van der Waals surface area contributed by atoms with E-state index in [0.717, 1.165) is 0 Å². The summed E-state index contributed by atoms with van der Waals surface area (Å²) in [7, 11) is 0. The molecule has 1 fully saturated rings. The van der Waals surface area contributed by atoms with Crippen LogP contribution in [0.2, 0.25) is 0 Å². The number of nitrogens with zero attached hydrogens (tertiary/aromatic N) is 1. The van der Waals surface area contributed by atoms with Crippen LogP contribution in [0.5, 0.6) is 0 Å². The van der Waals surface area contributed by atoms with Crippen LogP contribution in [0.1, 0.15) is 39.5 Å². The molecule has 0 bridgehead atoms. The molecule has 1 heterocycles. The Kier molecular flexibility index (Phi) is 4.46. The Labute approximate surface area is 94.7 Å². The van der Waals surface area contributed by atoms with Gasteiger partial charge in [-0.2, -0.15) is 0 Å². The van der Waals surface area contributed by atoms with Crippen LogP contribution in [0.25, 0.3) is 0 Å². The van der Waals surface area contributed by atoms with Crippen LogP contribution in [-0.4, -0.2) is 35.3 Å². The maximum Gasteiger partial charge on any atom is 0.305 e. The molecule has 0 aromatic carbocycles. The molecule has 5 heteroatoms. The minimum Gasteiger partial charge on any atom is -0.466 e. The topological polar surface area (TPSA) is 63.7 Å². The van der Waals surface area contributed by atoms with Crippen molar-refractivity contribution in [2.24, 2.45) is 0 Å². The molecule has 1 atom stereocenters. The first-order chi connectivity index (χ1) is 7.56. The van der Waals surface area contributed by atoms with Crippen LogP contribution in [0.15, 0.2) is 0 Å². The highest BCUT2D eigenvalue weighted by atomic mass is 16.5. The zero-order valence-corrected chi connectivity index (χ0v) is 9.69. The average molecular weight is 227 g/mol. The standard InChI is InChI=1S/C11H17NO4/c1-3-16-11(15)7-5-9-4-6-10(14)12(9)8(2)13/h9H,3-7H2,1-2H3. The van der Waals surface area contributed by atoms with Crippen LogP contribution in [0.3, 0.4) is 0 Å². The fraction of sp³-hybridized carbons (Fsp3) is 0.727. The van der Waals surface area contributed by atoms with Gasteiger partial charge < -0.3 is 4.74 Å². The molecule has 1 aliphatic rings. The maximum atomic E-state index is 11.4. The molecule has 0 saturated carbocycles. The molecular formula is C11H17NO4. The van der Waals surface area contributed by atoms with Crippen molar-refractivity contribution >= 4 is 17.8 Å². The zero-order chi connectivity index (χ0) is 12.1. The highest BCUT2D eigenvalue weighted by Crippen LogP contribution is 2.22. The van der Waals surface area contributed by atoms with Crippen LogP contribution >= 0.6 is 0 Å². The number of carbonyl (C=O) groups is 3. The summed E-state index contributed by atoms with van der Waals surface area (Å²) >= 11 is 0. The lowest BCUT2D eigenvalue weighted by atomic mass is 10.1. The van der Waals surface area contributed by atoms with E-state index in [1.807, 2.05) is 0 Å². The van der Waals surface area contributed by atoms with E-state index in [1.165, 1.54) is 11.8 Å². The lowest BCUT2D eigenvalue weighted by Crippen LogP contribution is -2.37. The first kappa shape index (κ1) is 12.7. The van der Waals surface area contributed by atoms with Crippen LogP contribution in [-0.2, 0) is 19.1 Å². The molecule has 0 N–H and O–H groups in total. The molecule has 1 aliphatic heterocycles. The van der Waals surface area contributed by atoms with Crippen molar-refractivity contribution in [1.82, 2.24) is 4.90 Å². The number of ether oxygens (including phenoxy) is 1. The predicted molar refractivity (Wildman–Crippen MR) is 56.4 cm³/mol. The number of hydrogen-bond acceptors (Lipinski definition) is 4. The molecule has 0 aliphatic carbocycles. The molecule has 0 spiro atoms. The first-order valence-electron chi connectivity index (χ1n) is 5.54. The number of rotatable bonds is 4. The highest BCUT2D eigenvalue weighted by Gasteiger charge is 2.33. The Hall–Kier alpha value is -1.39. The van der Waals surface area contributed by atoms with E-state index in [4.69, 9.17) is 4.74 Å². The summed E-state index contributed by atoms with van der Waals surface area (Å²) in [5, 5.41) is 0. The number of amides is 2. The first-order valence-corrected chi connectivity index (χ1v) is 5.54. The summed E-state index contributed by atoms with van der Waals surface area (Å²) in [6.45, 7) is 3.48. The zero-order valence-electron chi connectivity index (χ0n) is 9.69. The van der Waals surface area contributed by atoms with Crippen molar-refractivity contribution in [3.05, 3.63) is 0 Å². The van der Waals surface area contributed by atoms with E-state index in [1.54, 1.807) is 6.92 Å². The Morgan fingerprint density at radius 2 is 2.19 bits per heavy atom. The van der Waals surface area contributed by atoms with Crippen LogP contribution < -0.4 is 0 Å². The molecule has 5 nitrogen and oxygen atoms in total.